The Morgan fingerprint density at radius 3 is 2.52 bits per heavy atom. The van der Waals surface area contributed by atoms with Crippen LogP contribution in [0.4, 0.5) is 5.69 Å². The van der Waals surface area contributed by atoms with Crippen LogP contribution in [0.2, 0.25) is 0 Å². The summed E-state index contributed by atoms with van der Waals surface area (Å²) < 4.78 is 6.40. The Morgan fingerprint density at radius 1 is 1.13 bits per heavy atom. The minimum atomic E-state index is -0.611. The zero-order valence-corrected chi connectivity index (χ0v) is 17.1. The first-order valence-corrected chi connectivity index (χ1v) is 10.4. The molecule has 1 saturated heterocycles. The molecule has 1 aromatic heterocycles. The van der Waals surface area contributed by atoms with E-state index in [2.05, 4.69) is 5.27 Å². The highest BCUT2D eigenvalue weighted by molar-refractivity contribution is 6.22. The summed E-state index contributed by atoms with van der Waals surface area (Å²) in [6, 6.07) is 16.1. The zero-order valence-electron chi connectivity index (χ0n) is 17.1. The molecule has 0 N–H and O–H groups in total. The van der Waals surface area contributed by atoms with Crippen LogP contribution in [-0.2, 0) is 16.1 Å². The van der Waals surface area contributed by atoms with E-state index in [0.29, 0.717) is 17.1 Å². The number of hydrogen-bond acceptors (Lipinski definition) is 6. The van der Waals surface area contributed by atoms with Gasteiger partial charge in [-0.15, -0.1) is 0 Å². The van der Waals surface area contributed by atoms with E-state index in [4.69, 9.17) is 4.52 Å². The van der Waals surface area contributed by atoms with Gasteiger partial charge in [0.25, 0.3) is 11.6 Å². The van der Waals surface area contributed by atoms with Gasteiger partial charge in [-0.25, -0.2) is 4.90 Å². The predicted octanol–water partition coefficient (Wildman–Crippen LogP) is 1.63. The molecule has 8 nitrogen and oxygen atoms in total. The summed E-state index contributed by atoms with van der Waals surface area (Å²) >= 11 is 0. The summed E-state index contributed by atoms with van der Waals surface area (Å²) in [5.41, 5.74) is 2.67. The molecule has 2 aromatic carbocycles. The third-order valence-electron chi connectivity index (χ3n) is 5.86. The third-order valence-corrected chi connectivity index (χ3v) is 5.86. The molecule has 5 rings (SSSR count). The molecule has 2 fully saturated rings. The first kappa shape index (κ1) is 19.4. The maximum absolute atomic E-state index is 13.3. The summed E-state index contributed by atoms with van der Waals surface area (Å²) in [5.74, 6) is -1.02. The van der Waals surface area contributed by atoms with Crippen molar-refractivity contribution in [2.75, 3.05) is 4.90 Å². The van der Waals surface area contributed by atoms with Gasteiger partial charge in [0.2, 0.25) is 11.6 Å². The SMILES string of the molecule is Cc1ccc(N2C(=O)CC(N(Cc3c([O-])on[n+]3-c3ccccc3)C3CC3)C2=O)cc1. The number of carbonyl (C=O) groups excluding carboxylic acids is 2. The molecular formula is C23H22N4O4. The second kappa shape index (κ2) is 7.63. The van der Waals surface area contributed by atoms with E-state index in [-0.39, 0.29) is 30.8 Å². The second-order valence-electron chi connectivity index (χ2n) is 8.08. The van der Waals surface area contributed by atoms with Crippen LogP contribution >= 0.6 is 0 Å². The standard InChI is InChI=1S/C23H22N4O4/c1-15-7-9-17(10-8-15)26-21(28)13-19(22(26)29)25(16-11-12-16)14-20-23(30)31-24-27(20)18-5-3-2-4-6-18/h2-10,16,19H,11-14H2,1H3. The van der Waals surface area contributed by atoms with Crippen LogP contribution in [0, 0.1) is 6.92 Å². The van der Waals surface area contributed by atoms with E-state index < -0.39 is 12.0 Å². The zero-order chi connectivity index (χ0) is 21.5. The first-order valence-electron chi connectivity index (χ1n) is 10.4. The van der Waals surface area contributed by atoms with E-state index in [9.17, 15) is 14.7 Å². The fourth-order valence-electron chi connectivity index (χ4n) is 4.08. The average molecular weight is 418 g/mol. The first-order chi connectivity index (χ1) is 15.0. The Morgan fingerprint density at radius 2 is 1.84 bits per heavy atom. The Labute approximate surface area is 179 Å². The van der Waals surface area contributed by atoms with Gasteiger partial charge >= 0.3 is 0 Å². The molecule has 0 radical (unpaired) electrons. The van der Waals surface area contributed by atoms with Crippen molar-refractivity contribution in [2.45, 2.75) is 44.8 Å². The lowest BCUT2D eigenvalue weighted by Gasteiger charge is -2.25. The van der Waals surface area contributed by atoms with Crippen molar-refractivity contribution in [2.24, 2.45) is 0 Å². The lowest BCUT2D eigenvalue weighted by Crippen LogP contribution is -2.46. The number of nitrogens with zero attached hydrogens (tertiary/aromatic N) is 4. The molecule has 2 amide bonds. The molecule has 0 bridgehead atoms. The topological polar surface area (TPSA) is 93.6 Å². The highest BCUT2D eigenvalue weighted by Crippen LogP contribution is 2.35. The summed E-state index contributed by atoms with van der Waals surface area (Å²) in [5, 5.41) is 16.3. The molecule has 2 heterocycles. The Kier molecular flexibility index (Phi) is 4.78. The molecule has 1 atom stereocenters. The fraction of sp³-hybridized carbons (Fsp3) is 0.304. The van der Waals surface area contributed by atoms with Crippen LogP contribution in [-0.4, -0.2) is 34.1 Å². The van der Waals surface area contributed by atoms with Crippen LogP contribution in [0.1, 0.15) is 30.5 Å². The summed E-state index contributed by atoms with van der Waals surface area (Å²) in [6.07, 6.45) is 1.94. The van der Waals surface area contributed by atoms with Crippen molar-refractivity contribution in [1.82, 2.24) is 10.2 Å². The second-order valence-corrected chi connectivity index (χ2v) is 8.08. The number of benzene rings is 2. The highest BCUT2D eigenvalue weighted by atomic mass is 16.6. The molecule has 1 unspecified atom stereocenters. The largest absolute Gasteiger partial charge is 0.539 e. The molecule has 2 aliphatic rings. The van der Waals surface area contributed by atoms with Crippen molar-refractivity contribution in [3.63, 3.8) is 0 Å². The van der Waals surface area contributed by atoms with E-state index in [1.807, 2.05) is 54.3 Å². The van der Waals surface area contributed by atoms with Gasteiger partial charge in [-0.3, -0.25) is 14.5 Å². The third kappa shape index (κ3) is 3.59. The fourth-order valence-corrected chi connectivity index (χ4v) is 4.08. The van der Waals surface area contributed by atoms with Crippen LogP contribution in [0.15, 0.2) is 59.1 Å². The van der Waals surface area contributed by atoms with Gasteiger partial charge in [-0.2, -0.15) is 0 Å². The number of rotatable bonds is 6. The highest BCUT2D eigenvalue weighted by Gasteiger charge is 2.47. The number of hydrogen-bond donors (Lipinski definition) is 0. The van der Waals surface area contributed by atoms with Crippen LogP contribution in [0.3, 0.4) is 0 Å². The molecule has 158 valence electrons. The van der Waals surface area contributed by atoms with E-state index in [1.165, 1.54) is 9.58 Å². The van der Waals surface area contributed by atoms with Crippen molar-refractivity contribution in [1.29, 1.82) is 0 Å². The predicted molar refractivity (Wildman–Crippen MR) is 108 cm³/mol. The monoisotopic (exact) mass is 418 g/mol. The molecule has 8 heteroatoms. The number of carbonyl (C=O) groups is 2. The number of para-hydroxylation sites is 1. The summed E-state index contributed by atoms with van der Waals surface area (Å²) in [4.78, 5) is 29.3. The number of imide groups is 1. The Balaban J connectivity index is 1.44. The maximum Gasteiger partial charge on any atom is 0.254 e. The van der Waals surface area contributed by atoms with Gasteiger partial charge in [-0.05, 0) is 36.6 Å². The molecule has 1 saturated carbocycles. The molecular weight excluding hydrogens is 396 g/mol. The average Bonchev–Trinajstić information content (AvgIpc) is 3.49. The van der Waals surface area contributed by atoms with Crippen LogP contribution in [0.25, 0.3) is 5.69 Å². The lowest BCUT2D eigenvalue weighted by molar-refractivity contribution is -0.678. The summed E-state index contributed by atoms with van der Waals surface area (Å²) in [7, 11) is 0. The van der Waals surface area contributed by atoms with Gasteiger partial charge < -0.3 is 9.63 Å². The Bertz CT molecular complexity index is 1120. The Hall–Kier alpha value is -3.52. The van der Waals surface area contributed by atoms with Crippen molar-refractivity contribution < 1.29 is 23.9 Å². The number of anilines is 1. The molecule has 3 aromatic rings. The van der Waals surface area contributed by atoms with Crippen LogP contribution < -0.4 is 14.7 Å². The van der Waals surface area contributed by atoms with Gasteiger partial charge in [0.05, 0.1) is 30.0 Å². The normalized spacial score (nSPS) is 18.9. The minimum absolute atomic E-state index is 0.0913. The van der Waals surface area contributed by atoms with E-state index in [1.54, 1.807) is 12.1 Å². The number of aryl methyl sites for hydroxylation is 1. The van der Waals surface area contributed by atoms with Crippen molar-refractivity contribution >= 4 is 17.5 Å². The van der Waals surface area contributed by atoms with Crippen LogP contribution in [0.5, 0.6) is 5.95 Å². The quantitative estimate of drug-likeness (QED) is 0.446. The van der Waals surface area contributed by atoms with Gasteiger partial charge in [0.1, 0.15) is 0 Å². The maximum atomic E-state index is 13.3. The number of amides is 2. The smallest absolute Gasteiger partial charge is 0.254 e. The molecule has 1 aliphatic carbocycles. The van der Waals surface area contributed by atoms with E-state index in [0.717, 1.165) is 18.4 Å². The van der Waals surface area contributed by atoms with Crippen molar-refractivity contribution in [3.05, 3.63) is 65.9 Å². The van der Waals surface area contributed by atoms with Gasteiger partial charge in [0.15, 0.2) is 5.95 Å². The summed E-state index contributed by atoms with van der Waals surface area (Å²) in [6.45, 7) is 2.14. The van der Waals surface area contributed by atoms with Gasteiger partial charge in [-0.1, -0.05) is 35.9 Å². The van der Waals surface area contributed by atoms with Gasteiger partial charge in [0, 0.05) is 18.2 Å². The lowest BCUT2D eigenvalue weighted by atomic mass is 10.2. The molecule has 0 spiro atoms. The molecule has 1 aliphatic heterocycles. The van der Waals surface area contributed by atoms with Crippen molar-refractivity contribution in [3.8, 4) is 11.6 Å². The van der Waals surface area contributed by atoms with E-state index >= 15 is 0 Å². The minimum Gasteiger partial charge on any atom is -0.539 e. The molecule has 31 heavy (non-hydrogen) atoms. The number of aromatic nitrogens is 2.